The van der Waals surface area contributed by atoms with E-state index in [2.05, 4.69) is 17.1 Å². The van der Waals surface area contributed by atoms with Gasteiger partial charge in [-0.1, -0.05) is 12.1 Å². The van der Waals surface area contributed by atoms with Crippen molar-refractivity contribution >= 4 is 17.0 Å². The van der Waals surface area contributed by atoms with Crippen LogP contribution in [-0.4, -0.2) is 28.1 Å². The molecule has 4 heteroatoms. The predicted molar refractivity (Wildman–Crippen MR) is 78.6 cm³/mol. The van der Waals surface area contributed by atoms with Crippen LogP contribution >= 0.6 is 0 Å². The molecular weight excluding hydrogens is 252 g/mol. The zero-order chi connectivity index (χ0) is 14.3. The molecule has 0 fully saturated rings. The summed E-state index contributed by atoms with van der Waals surface area (Å²) in [5.41, 5.74) is 3.15. The normalized spacial score (nSPS) is 15.2. The maximum atomic E-state index is 12.3. The first-order chi connectivity index (χ1) is 9.44. The van der Waals surface area contributed by atoms with Crippen molar-refractivity contribution in [3.63, 3.8) is 0 Å². The zero-order valence-electron chi connectivity index (χ0n) is 12.2. The summed E-state index contributed by atoms with van der Waals surface area (Å²) in [5, 5.41) is 1.26. The van der Waals surface area contributed by atoms with E-state index in [-0.39, 0.29) is 6.09 Å². The van der Waals surface area contributed by atoms with Gasteiger partial charge in [0.25, 0.3) is 0 Å². The van der Waals surface area contributed by atoms with Crippen molar-refractivity contribution in [1.29, 1.82) is 0 Å². The summed E-state index contributed by atoms with van der Waals surface area (Å²) < 4.78 is 5.48. The van der Waals surface area contributed by atoms with Gasteiger partial charge in [-0.15, -0.1) is 0 Å². The van der Waals surface area contributed by atoms with Gasteiger partial charge in [0.1, 0.15) is 5.60 Å². The fourth-order valence-corrected chi connectivity index (χ4v) is 2.69. The minimum atomic E-state index is -0.453. The first kappa shape index (κ1) is 13.0. The maximum Gasteiger partial charge on any atom is 0.410 e. The quantitative estimate of drug-likeness (QED) is 0.798. The minimum Gasteiger partial charge on any atom is -0.444 e. The number of nitrogens with one attached hydrogen (secondary N) is 1. The summed E-state index contributed by atoms with van der Waals surface area (Å²) in [6, 6.07) is 6.18. The standard InChI is InChI=1S/C16H20N2O2/c1-16(2,3)20-15(19)18-8-7-11-9-17-13-6-4-5-12(10-18)14(11)13/h4-6,9,17H,7-8,10H2,1-3H3. The second-order valence-electron chi connectivity index (χ2n) is 6.31. The number of ether oxygens (including phenoxy) is 1. The van der Waals surface area contributed by atoms with E-state index < -0.39 is 5.60 Å². The third-order valence-corrected chi connectivity index (χ3v) is 3.54. The number of benzene rings is 1. The number of aromatic nitrogens is 1. The van der Waals surface area contributed by atoms with Crippen LogP contribution in [0.5, 0.6) is 0 Å². The Labute approximate surface area is 118 Å². The minimum absolute atomic E-state index is 0.233. The summed E-state index contributed by atoms with van der Waals surface area (Å²) in [7, 11) is 0. The van der Waals surface area contributed by atoms with Crippen LogP contribution in [0.1, 0.15) is 31.9 Å². The Morgan fingerprint density at radius 1 is 1.30 bits per heavy atom. The largest absolute Gasteiger partial charge is 0.444 e. The van der Waals surface area contributed by atoms with Crippen molar-refractivity contribution in [1.82, 2.24) is 9.88 Å². The Kier molecular flexibility index (Phi) is 2.96. The lowest BCUT2D eigenvalue weighted by Crippen LogP contribution is -2.37. The van der Waals surface area contributed by atoms with Crippen LogP contribution in [0, 0.1) is 0 Å². The molecule has 0 saturated carbocycles. The number of H-pyrrole nitrogens is 1. The van der Waals surface area contributed by atoms with Crippen LogP contribution in [0.4, 0.5) is 4.79 Å². The molecule has 1 aromatic heterocycles. The molecule has 1 aliphatic rings. The van der Waals surface area contributed by atoms with Gasteiger partial charge >= 0.3 is 6.09 Å². The summed E-state index contributed by atoms with van der Waals surface area (Å²) in [5.74, 6) is 0. The molecule has 3 rings (SSSR count). The van der Waals surface area contributed by atoms with E-state index in [0.29, 0.717) is 13.1 Å². The van der Waals surface area contributed by atoms with Crippen LogP contribution in [-0.2, 0) is 17.7 Å². The monoisotopic (exact) mass is 272 g/mol. The molecule has 2 aromatic rings. The lowest BCUT2D eigenvalue weighted by molar-refractivity contribution is 0.0239. The van der Waals surface area contributed by atoms with Crippen LogP contribution in [0.3, 0.4) is 0 Å². The lowest BCUT2D eigenvalue weighted by Gasteiger charge is -2.26. The van der Waals surface area contributed by atoms with Crippen molar-refractivity contribution in [2.75, 3.05) is 6.54 Å². The molecule has 0 aliphatic carbocycles. The van der Waals surface area contributed by atoms with Gasteiger partial charge in [-0.25, -0.2) is 4.79 Å². The van der Waals surface area contributed by atoms with Crippen LogP contribution < -0.4 is 0 Å². The molecule has 1 amide bonds. The summed E-state index contributed by atoms with van der Waals surface area (Å²) in [6.45, 7) is 6.99. The third-order valence-electron chi connectivity index (χ3n) is 3.54. The van der Waals surface area contributed by atoms with E-state index in [1.807, 2.05) is 33.0 Å². The predicted octanol–water partition coefficient (Wildman–Crippen LogP) is 3.46. The Bertz CT molecular complexity index is 652. The van der Waals surface area contributed by atoms with Crippen molar-refractivity contribution in [3.05, 3.63) is 35.5 Å². The summed E-state index contributed by atoms with van der Waals surface area (Å²) in [6.07, 6.45) is 2.67. The molecular formula is C16H20N2O2. The van der Waals surface area contributed by atoms with Crippen LogP contribution in [0.15, 0.2) is 24.4 Å². The molecule has 106 valence electrons. The van der Waals surface area contributed by atoms with Gasteiger partial charge < -0.3 is 14.6 Å². The van der Waals surface area contributed by atoms with Crippen LogP contribution in [0.25, 0.3) is 10.9 Å². The SMILES string of the molecule is CC(C)(C)OC(=O)N1CCc2c[nH]c3cccc(c23)C1. The third kappa shape index (κ3) is 2.38. The van der Waals surface area contributed by atoms with Gasteiger partial charge in [0.05, 0.1) is 0 Å². The van der Waals surface area contributed by atoms with Gasteiger partial charge in [0.15, 0.2) is 0 Å². The molecule has 0 unspecified atom stereocenters. The average Bonchev–Trinajstić information content (AvgIpc) is 2.65. The molecule has 2 heterocycles. The first-order valence-corrected chi connectivity index (χ1v) is 7.00. The summed E-state index contributed by atoms with van der Waals surface area (Å²) in [4.78, 5) is 17.3. The Balaban J connectivity index is 1.89. The number of carbonyl (C=O) groups excluding carboxylic acids is 1. The molecule has 0 spiro atoms. The van der Waals surface area contributed by atoms with Crippen molar-refractivity contribution in [3.8, 4) is 0 Å². The molecule has 1 N–H and O–H groups in total. The lowest BCUT2D eigenvalue weighted by atomic mass is 10.1. The number of carbonyl (C=O) groups is 1. The Morgan fingerprint density at radius 2 is 2.10 bits per heavy atom. The van der Waals surface area contributed by atoms with E-state index in [0.717, 1.165) is 11.9 Å². The smallest absolute Gasteiger partial charge is 0.410 e. The van der Waals surface area contributed by atoms with Gasteiger partial charge in [-0.3, -0.25) is 0 Å². The highest BCUT2D eigenvalue weighted by molar-refractivity contribution is 5.87. The van der Waals surface area contributed by atoms with Crippen molar-refractivity contribution in [2.24, 2.45) is 0 Å². The molecule has 0 atom stereocenters. The average molecular weight is 272 g/mol. The number of amides is 1. The summed E-state index contributed by atoms with van der Waals surface area (Å²) >= 11 is 0. The highest BCUT2D eigenvalue weighted by atomic mass is 16.6. The van der Waals surface area contributed by atoms with Crippen LogP contribution in [0.2, 0.25) is 0 Å². The van der Waals surface area contributed by atoms with Crippen molar-refractivity contribution in [2.45, 2.75) is 39.3 Å². The Morgan fingerprint density at radius 3 is 2.85 bits per heavy atom. The fourth-order valence-electron chi connectivity index (χ4n) is 2.69. The van der Waals surface area contributed by atoms with E-state index in [1.54, 1.807) is 4.90 Å². The first-order valence-electron chi connectivity index (χ1n) is 7.00. The molecule has 4 nitrogen and oxygen atoms in total. The van der Waals surface area contributed by atoms with E-state index >= 15 is 0 Å². The molecule has 1 aliphatic heterocycles. The maximum absolute atomic E-state index is 12.3. The number of rotatable bonds is 0. The number of nitrogens with zero attached hydrogens (tertiary/aromatic N) is 1. The molecule has 0 bridgehead atoms. The van der Waals surface area contributed by atoms with E-state index in [9.17, 15) is 4.79 Å². The fraction of sp³-hybridized carbons (Fsp3) is 0.438. The van der Waals surface area contributed by atoms with Crippen molar-refractivity contribution < 1.29 is 9.53 Å². The van der Waals surface area contributed by atoms with E-state index in [4.69, 9.17) is 4.74 Å². The number of aromatic amines is 1. The van der Waals surface area contributed by atoms with Gasteiger partial charge in [0, 0.05) is 30.2 Å². The number of hydrogen-bond donors (Lipinski definition) is 1. The highest BCUT2D eigenvalue weighted by Gasteiger charge is 2.25. The second kappa shape index (κ2) is 4.54. The van der Waals surface area contributed by atoms with Gasteiger partial charge in [-0.2, -0.15) is 0 Å². The van der Waals surface area contributed by atoms with Gasteiger partial charge in [0.2, 0.25) is 0 Å². The molecule has 1 aromatic carbocycles. The second-order valence-corrected chi connectivity index (χ2v) is 6.31. The highest BCUT2D eigenvalue weighted by Crippen LogP contribution is 2.27. The topological polar surface area (TPSA) is 45.3 Å². The zero-order valence-corrected chi connectivity index (χ0v) is 12.2. The Hall–Kier alpha value is -1.97. The molecule has 0 saturated heterocycles. The number of hydrogen-bond acceptors (Lipinski definition) is 2. The molecule has 0 radical (unpaired) electrons. The molecule has 20 heavy (non-hydrogen) atoms. The van der Waals surface area contributed by atoms with Gasteiger partial charge in [-0.05, 0) is 44.4 Å². The van der Waals surface area contributed by atoms with E-state index in [1.165, 1.54) is 16.5 Å².